The monoisotopic (exact) mass is 413 g/mol. The standard InChI is InChI=1S/C20H19N3O5S/c1-26-14-6-4-13(5-7-14)22-19-17(29-20(25)23-19)10-12-3-8-15(16(9-12)27-2)28-11-18(21)24/h3-10H,11H2,1-2H3,(H2,21,24)(H,22,23,25). The van der Waals surface area contributed by atoms with Gasteiger partial charge in [-0.3, -0.25) is 9.59 Å². The van der Waals surface area contributed by atoms with Gasteiger partial charge in [0.15, 0.2) is 18.1 Å². The van der Waals surface area contributed by atoms with Crippen LogP contribution in [-0.4, -0.2) is 37.8 Å². The Bertz CT molecular complexity index is 986. The van der Waals surface area contributed by atoms with Crippen LogP contribution >= 0.6 is 11.8 Å². The quantitative estimate of drug-likeness (QED) is 0.721. The summed E-state index contributed by atoms with van der Waals surface area (Å²) in [4.78, 5) is 28.0. The highest BCUT2D eigenvalue weighted by molar-refractivity contribution is 8.18. The van der Waals surface area contributed by atoms with Gasteiger partial charge in [-0.1, -0.05) is 6.07 Å². The van der Waals surface area contributed by atoms with Crippen LogP contribution in [-0.2, 0) is 4.79 Å². The lowest BCUT2D eigenvalue weighted by molar-refractivity contribution is -0.119. The summed E-state index contributed by atoms with van der Waals surface area (Å²) in [6.45, 7) is -0.246. The molecule has 9 heteroatoms. The molecule has 0 saturated carbocycles. The Kier molecular flexibility index (Phi) is 6.40. The summed E-state index contributed by atoms with van der Waals surface area (Å²) < 4.78 is 15.8. The fraction of sp³-hybridized carbons (Fsp3) is 0.150. The summed E-state index contributed by atoms with van der Waals surface area (Å²) in [5, 5.41) is 2.53. The highest BCUT2D eigenvalue weighted by Gasteiger charge is 2.23. The van der Waals surface area contributed by atoms with Crippen LogP contribution in [0.3, 0.4) is 0 Å². The van der Waals surface area contributed by atoms with E-state index in [4.69, 9.17) is 19.9 Å². The summed E-state index contributed by atoms with van der Waals surface area (Å²) in [6, 6.07) is 12.4. The van der Waals surface area contributed by atoms with Crippen LogP contribution in [0.4, 0.5) is 10.5 Å². The van der Waals surface area contributed by atoms with Gasteiger partial charge in [0.05, 0.1) is 24.8 Å². The van der Waals surface area contributed by atoms with E-state index in [-0.39, 0.29) is 11.8 Å². The third-order valence-corrected chi connectivity index (χ3v) is 4.64. The summed E-state index contributed by atoms with van der Waals surface area (Å²) in [6.07, 6.45) is 1.81. The molecular weight excluding hydrogens is 394 g/mol. The molecule has 2 aromatic carbocycles. The van der Waals surface area contributed by atoms with Crippen molar-refractivity contribution in [1.29, 1.82) is 0 Å². The van der Waals surface area contributed by atoms with Crippen LogP contribution in [0.5, 0.6) is 17.2 Å². The highest BCUT2D eigenvalue weighted by atomic mass is 32.2. The van der Waals surface area contributed by atoms with E-state index >= 15 is 0 Å². The first-order valence-corrected chi connectivity index (χ1v) is 9.33. The van der Waals surface area contributed by atoms with Crippen molar-refractivity contribution in [3.8, 4) is 17.2 Å². The Morgan fingerprint density at radius 3 is 2.55 bits per heavy atom. The fourth-order valence-corrected chi connectivity index (χ4v) is 3.23. The molecule has 2 amide bonds. The molecule has 0 spiro atoms. The topological polar surface area (TPSA) is 112 Å². The van der Waals surface area contributed by atoms with E-state index in [0.717, 1.165) is 23.1 Å². The molecule has 3 N–H and O–H groups in total. The van der Waals surface area contributed by atoms with E-state index in [1.807, 2.05) is 6.08 Å². The number of nitrogens with two attached hydrogens (primary N) is 1. The number of hydrogen-bond acceptors (Lipinski definition) is 7. The molecule has 2 aromatic rings. The molecule has 8 nitrogen and oxygen atoms in total. The number of aliphatic imine (C=N–C) groups is 1. The molecule has 150 valence electrons. The number of ether oxygens (including phenoxy) is 3. The Balaban J connectivity index is 1.87. The molecule has 0 aliphatic carbocycles. The number of benzene rings is 2. The predicted molar refractivity (Wildman–Crippen MR) is 112 cm³/mol. The van der Waals surface area contributed by atoms with Crippen LogP contribution in [0.25, 0.3) is 6.08 Å². The van der Waals surface area contributed by atoms with Crippen molar-refractivity contribution in [2.75, 3.05) is 20.8 Å². The Morgan fingerprint density at radius 2 is 1.90 bits per heavy atom. The second-order valence-electron chi connectivity index (χ2n) is 5.85. The number of nitrogens with zero attached hydrogens (tertiary/aromatic N) is 1. The molecule has 3 rings (SSSR count). The van der Waals surface area contributed by atoms with E-state index < -0.39 is 5.91 Å². The van der Waals surface area contributed by atoms with E-state index in [9.17, 15) is 9.59 Å². The lowest BCUT2D eigenvalue weighted by Crippen LogP contribution is -2.20. The second kappa shape index (κ2) is 9.16. The molecule has 1 saturated heterocycles. The molecule has 1 heterocycles. The molecule has 0 radical (unpaired) electrons. The van der Waals surface area contributed by atoms with Crippen LogP contribution in [0.1, 0.15) is 5.56 Å². The third-order valence-electron chi connectivity index (χ3n) is 3.83. The van der Waals surface area contributed by atoms with Gasteiger partial charge in [-0.25, -0.2) is 4.99 Å². The number of thioether (sulfide) groups is 1. The van der Waals surface area contributed by atoms with Gasteiger partial charge < -0.3 is 25.3 Å². The third kappa shape index (κ3) is 5.29. The van der Waals surface area contributed by atoms with Crippen molar-refractivity contribution in [3.05, 3.63) is 52.9 Å². The fourth-order valence-electron chi connectivity index (χ4n) is 2.49. The minimum Gasteiger partial charge on any atom is -0.497 e. The minimum atomic E-state index is -0.579. The van der Waals surface area contributed by atoms with E-state index in [0.29, 0.717) is 27.9 Å². The number of amides is 2. The van der Waals surface area contributed by atoms with Crippen LogP contribution in [0.15, 0.2) is 52.4 Å². The zero-order valence-corrected chi connectivity index (χ0v) is 16.6. The average molecular weight is 413 g/mol. The zero-order valence-electron chi connectivity index (χ0n) is 15.8. The number of nitrogens with one attached hydrogen (secondary N) is 1. The van der Waals surface area contributed by atoms with Crippen LogP contribution < -0.4 is 25.3 Å². The summed E-state index contributed by atoms with van der Waals surface area (Å²) in [5.74, 6) is 1.44. The van der Waals surface area contributed by atoms with Crippen molar-refractivity contribution in [1.82, 2.24) is 5.32 Å². The number of amidine groups is 1. The molecule has 0 atom stereocenters. The maximum atomic E-state index is 11.9. The van der Waals surface area contributed by atoms with Gasteiger partial charge >= 0.3 is 0 Å². The normalized spacial score (nSPS) is 16.0. The summed E-state index contributed by atoms with van der Waals surface area (Å²) in [7, 11) is 3.09. The average Bonchev–Trinajstić information content (AvgIpc) is 3.05. The molecule has 0 bridgehead atoms. The minimum absolute atomic E-state index is 0.211. The van der Waals surface area contributed by atoms with Gasteiger partial charge in [0.25, 0.3) is 11.1 Å². The molecule has 1 aliphatic rings. The molecular formula is C20H19N3O5S. The Hall–Kier alpha value is -3.46. The van der Waals surface area contributed by atoms with Crippen molar-refractivity contribution in [2.24, 2.45) is 10.7 Å². The van der Waals surface area contributed by atoms with E-state index in [1.165, 1.54) is 7.11 Å². The van der Waals surface area contributed by atoms with Gasteiger partial charge in [-0.05, 0) is 59.8 Å². The predicted octanol–water partition coefficient (Wildman–Crippen LogP) is 3.10. The SMILES string of the molecule is COc1ccc(N=C2NC(=O)SC2=Cc2ccc(OCC(N)=O)c(OC)c2)cc1. The highest BCUT2D eigenvalue weighted by Crippen LogP contribution is 2.32. The van der Waals surface area contributed by atoms with Gasteiger partial charge in [-0.15, -0.1) is 0 Å². The summed E-state index contributed by atoms with van der Waals surface area (Å²) >= 11 is 1.05. The largest absolute Gasteiger partial charge is 0.497 e. The Morgan fingerprint density at radius 1 is 1.14 bits per heavy atom. The lowest BCUT2D eigenvalue weighted by Gasteiger charge is -2.10. The van der Waals surface area contributed by atoms with E-state index in [1.54, 1.807) is 49.6 Å². The maximum Gasteiger partial charge on any atom is 0.289 e. The number of rotatable bonds is 7. The number of primary amides is 1. The first-order valence-electron chi connectivity index (χ1n) is 8.51. The molecule has 1 aliphatic heterocycles. The number of hydrogen-bond donors (Lipinski definition) is 2. The first kappa shape index (κ1) is 20.3. The van der Waals surface area contributed by atoms with Gasteiger partial charge in [0.1, 0.15) is 11.6 Å². The molecule has 1 fully saturated rings. The van der Waals surface area contributed by atoms with Crippen molar-refractivity contribution >= 4 is 40.5 Å². The molecule has 29 heavy (non-hydrogen) atoms. The van der Waals surface area contributed by atoms with Gasteiger partial charge in [0, 0.05) is 0 Å². The van der Waals surface area contributed by atoms with Gasteiger partial charge in [-0.2, -0.15) is 0 Å². The molecule has 0 aromatic heterocycles. The Labute approximate surface area is 171 Å². The first-order chi connectivity index (χ1) is 14.0. The zero-order chi connectivity index (χ0) is 20.8. The number of methoxy groups -OCH3 is 2. The lowest BCUT2D eigenvalue weighted by atomic mass is 10.2. The van der Waals surface area contributed by atoms with E-state index in [2.05, 4.69) is 10.3 Å². The molecule has 0 unspecified atom stereocenters. The van der Waals surface area contributed by atoms with Crippen molar-refractivity contribution in [2.45, 2.75) is 0 Å². The summed E-state index contributed by atoms with van der Waals surface area (Å²) in [5.41, 5.74) is 6.56. The van der Waals surface area contributed by atoms with Gasteiger partial charge in [0.2, 0.25) is 0 Å². The second-order valence-corrected chi connectivity index (χ2v) is 6.86. The van der Waals surface area contributed by atoms with Crippen LogP contribution in [0, 0.1) is 0 Å². The smallest absolute Gasteiger partial charge is 0.289 e. The van der Waals surface area contributed by atoms with Crippen LogP contribution in [0.2, 0.25) is 0 Å². The van der Waals surface area contributed by atoms with Crippen molar-refractivity contribution < 1.29 is 23.8 Å². The number of carbonyl (C=O) groups is 2. The number of carbonyl (C=O) groups excluding carboxylic acids is 2. The van der Waals surface area contributed by atoms with Crippen molar-refractivity contribution in [3.63, 3.8) is 0 Å². The maximum absolute atomic E-state index is 11.9.